The molecule has 0 aliphatic carbocycles. The van der Waals surface area contributed by atoms with E-state index >= 15 is 0 Å². The number of aromatic nitrogens is 3. The third-order valence-electron chi connectivity index (χ3n) is 2.49. The number of halogens is 3. The first kappa shape index (κ1) is 16.4. The van der Waals surface area contributed by atoms with Crippen LogP contribution < -0.4 is 0 Å². The zero-order valence-corrected chi connectivity index (χ0v) is 11.1. The Morgan fingerprint density at radius 2 is 2.05 bits per heavy atom. The topological polar surface area (TPSA) is 77.2 Å². The van der Waals surface area contributed by atoms with E-state index in [1.165, 1.54) is 0 Å². The minimum absolute atomic E-state index is 0.0121. The quantitative estimate of drug-likeness (QED) is 0.779. The summed E-state index contributed by atoms with van der Waals surface area (Å²) in [5, 5.41) is 14.9. The summed E-state index contributed by atoms with van der Waals surface area (Å²) >= 11 is 0. The molecule has 0 fully saturated rings. The van der Waals surface area contributed by atoms with Gasteiger partial charge in [0.1, 0.15) is 0 Å². The zero-order chi connectivity index (χ0) is 15.3. The van der Waals surface area contributed by atoms with E-state index in [0.717, 1.165) is 6.42 Å². The Hall–Kier alpha value is -1.64. The molecule has 1 rings (SSSR count). The van der Waals surface area contributed by atoms with Gasteiger partial charge in [-0.2, -0.15) is 13.2 Å². The van der Waals surface area contributed by atoms with Crippen LogP contribution in [0.4, 0.5) is 13.2 Å². The minimum Gasteiger partial charge on any atom is -0.476 e. The number of rotatable bonds is 7. The van der Waals surface area contributed by atoms with Crippen molar-refractivity contribution < 1.29 is 27.8 Å². The van der Waals surface area contributed by atoms with E-state index in [9.17, 15) is 18.0 Å². The number of hydrogen-bond acceptors (Lipinski definition) is 4. The molecule has 0 bridgehead atoms. The summed E-state index contributed by atoms with van der Waals surface area (Å²) in [6.45, 7) is 4.24. The van der Waals surface area contributed by atoms with Crippen LogP contribution in [0, 0.1) is 5.92 Å². The number of alkyl halides is 3. The molecule has 1 aromatic rings. The van der Waals surface area contributed by atoms with E-state index in [2.05, 4.69) is 10.3 Å². The molecule has 0 spiro atoms. The summed E-state index contributed by atoms with van der Waals surface area (Å²) in [4.78, 5) is 10.7. The van der Waals surface area contributed by atoms with Crippen molar-refractivity contribution in [3.05, 3.63) is 11.4 Å². The van der Waals surface area contributed by atoms with E-state index in [1.807, 2.05) is 13.8 Å². The Balaban J connectivity index is 2.69. The first-order valence-corrected chi connectivity index (χ1v) is 6.05. The summed E-state index contributed by atoms with van der Waals surface area (Å²) in [6, 6.07) is 0. The van der Waals surface area contributed by atoms with E-state index in [-0.39, 0.29) is 13.2 Å². The van der Waals surface area contributed by atoms with Gasteiger partial charge in [-0.3, -0.25) is 0 Å². The molecule has 0 saturated carbocycles. The van der Waals surface area contributed by atoms with Crippen LogP contribution >= 0.6 is 0 Å². The molecule has 1 heterocycles. The van der Waals surface area contributed by atoms with Gasteiger partial charge in [0, 0.05) is 6.61 Å². The highest BCUT2D eigenvalue weighted by Crippen LogP contribution is 2.31. The van der Waals surface area contributed by atoms with Crippen molar-refractivity contribution in [1.29, 1.82) is 0 Å². The summed E-state index contributed by atoms with van der Waals surface area (Å²) in [7, 11) is 0. The maximum Gasteiger partial charge on any atom is 0.435 e. The summed E-state index contributed by atoms with van der Waals surface area (Å²) < 4.78 is 44.0. The Morgan fingerprint density at radius 3 is 2.55 bits per heavy atom. The molecular formula is C11H16F3N3O3. The predicted molar refractivity (Wildman–Crippen MR) is 62.3 cm³/mol. The number of nitrogens with zero attached hydrogens (tertiary/aromatic N) is 3. The number of ether oxygens (including phenoxy) is 1. The second kappa shape index (κ2) is 6.69. The van der Waals surface area contributed by atoms with E-state index in [1.54, 1.807) is 0 Å². The molecule has 0 saturated heterocycles. The van der Waals surface area contributed by atoms with Crippen LogP contribution in [0.3, 0.4) is 0 Å². The van der Waals surface area contributed by atoms with Crippen molar-refractivity contribution in [3.8, 4) is 0 Å². The Bertz CT molecular complexity index is 458. The molecule has 1 aromatic heterocycles. The van der Waals surface area contributed by atoms with Crippen LogP contribution in [-0.2, 0) is 17.5 Å². The number of aromatic carboxylic acids is 1. The van der Waals surface area contributed by atoms with Crippen molar-refractivity contribution in [2.45, 2.75) is 33.0 Å². The average molecular weight is 295 g/mol. The molecule has 0 aliphatic rings. The van der Waals surface area contributed by atoms with E-state index in [0.29, 0.717) is 17.2 Å². The fourth-order valence-corrected chi connectivity index (χ4v) is 1.47. The third-order valence-corrected chi connectivity index (χ3v) is 2.49. The first-order valence-electron chi connectivity index (χ1n) is 6.05. The van der Waals surface area contributed by atoms with Gasteiger partial charge in [0.15, 0.2) is 5.69 Å². The van der Waals surface area contributed by atoms with E-state index in [4.69, 9.17) is 9.84 Å². The van der Waals surface area contributed by atoms with Gasteiger partial charge in [-0.25, -0.2) is 9.48 Å². The van der Waals surface area contributed by atoms with Gasteiger partial charge in [0.25, 0.3) is 0 Å². The van der Waals surface area contributed by atoms with Crippen LogP contribution in [0.25, 0.3) is 0 Å². The Kier molecular flexibility index (Phi) is 5.49. The second-order valence-corrected chi connectivity index (χ2v) is 4.61. The zero-order valence-electron chi connectivity index (χ0n) is 11.1. The van der Waals surface area contributed by atoms with Gasteiger partial charge in [-0.1, -0.05) is 19.1 Å². The molecule has 0 aromatic carbocycles. The molecule has 0 aliphatic heterocycles. The Morgan fingerprint density at radius 1 is 1.40 bits per heavy atom. The standard InChI is InChI=1S/C11H16F3N3O3/c1-7(2)3-5-20-6-4-17-9(11(12,13)14)8(10(18)19)15-16-17/h7H,3-6H2,1-2H3,(H,18,19). The number of carbonyl (C=O) groups is 1. The maximum atomic E-state index is 12.8. The molecule has 0 unspecified atom stereocenters. The van der Waals surface area contributed by atoms with Gasteiger partial charge in [-0.15, -0.1) is 5.10 Å². The molecule has 6 nitrogen and oxygen atoms in total. The van der Waals surface area contributed by atoms with Crippen LogP contribution in [-0.4, -0.2) is 39.3 Å². The lowest BCUT2D eigenvalue weighted by Gasteiger charge is -2.10. The normalized spacial score (nSPS) is 12.1. The van der Waals surface area contributed by atoms with Crippen molar-refractivity contribution in [2.75, 3.05) is 13.2 Å². The fourth-order valence-electron chi connectivity index (χ4n) is 1.47. The van der Waals surface area contributed by atoms with Crippen LogP contribution in [0.2, 0.25) is 0 Å². The van der Waals surface area contributed by atoms with Gasteiger partial charge in [0.05, 0.1) is 13.2 Å². The lowest BCUT2D eigenvalue weighted by molar-refractivity contribution is -0.145. The van der Waals surface area contributed by atoms with E-state index < -0.39 is 23.5 Å². The molecular weight excluding hydrogens is 279 g/mol. The molecule has 114 valence electrons. The molecule has 0 radical (unpaired) electrons. The highest BCUT2D eigenvalue weighted by molar-refractivity contribution is 5.86. The van der Waals surface area contributed by atoms with Crippen molar-refractivity contribution >= 4 is 5.97 Å². The predicted octanol–water partition coefficient (Wildman–Crippen LogP) is 2.06. The largest absolute Gasteiger partial charge is 0.476 e. The van der Waals surface area contributed by atoms with Crippen LogP contribution in [0.15, 0.2) is 0 Å². The van der Waals surface area contributed by atoms with Crippen molar-refractivity contribution in [3.63, 3.8) is 0 Å². The minimum atomic E-state index is -4.82. The van der Waals surface area contributed by atoms with Gasteiger partial charge in [0.2, 0.25) is 5.69 Å². The van der Waals surface area contributed by atoms with Crippen molar-refractivity contribution in [2.24, 2.45) is 5.92 Å². The van der Waals surface area contributed by atoms with Gasteiger partial charge >= 0.3 is 12.1 Å². The molecule has 1 N–H and O–H groups in total. The monoisotopic (exact) mass is 295 g/mol. The third kappa shape index (κ3) is 4.48. The lowest BCUT2D eigenvalue weighted by atomic mass is 10.1. The summed E-state index contributed by atoms with van der Waals surface area (Å²) in [5.74, 6) is -1.32. The van der Waals surface area contributed by atoms with Gasteiger partial charge < -0.3 is 9.84 Å². The highest BCUT2D eigenvalue weighted by Gasteiger charge is 2.41. The number of hydrogen-bond donors (Lipinski definition) is 1. The fraction of sp³-hybridized carbons (Fsp3) is 0.727. The molecule has 9 heteroatoms. The lowest BCUT2D eigenvalue weighted by Crippen LogP contribution is -2.20. The number of carboxylic acid groups (broad SMARTS) is 1. The average Bonchev–Trinajstić information content (AvgIpc) is 2.71. The smallest absolute Gasteiger partial charge is 0.435 e. The maximum absolute atomic E-state index is 12.8. The molecule has 20 heavy (non-hydrogen) atoms. The van der Waals surface area contributed by atoms with Gasteiger partial charge in [-0.05, 0) is 12.3 Å². The van der Waals surface area contributed by atoms with Crippen LogP contribution in [0.1, 0.15) is 36.5 Å². The molecule has 0 amide bonds. The summed E-state index contributed by atoms with van der Waals surface area (Å²) in [6.07, 6.45) is -4.03. The van der Waals surface area contributed by atoms with Crippen molar-refractivity contribution in [1.82, 2.24) is 15.0 Å². The Labute approximate surface area is 113 Å². The highest BCUT2D eigenvalue weighted by atomic mass is 19.4. The SMILES string of the molecule is CC(C)CCOCCn1nnc(C(=O)O)c1C(F)(F)F. The van der Waals surface area contributed by atoms with Crippen LogP contribution in [0.5, 0.6) is 0 Å². The number of carboxylic acids is 1. The molecule has 0 atom stereocenters. The summed E-state index contributed by atoms with van der Waals surface area (Å²) in [5.41, 5.74) is -2.46. The first-order chi connectivity index (χ1) is 9.23. The second-order valence-electron chi connectivity index (χ2n) is 4.61.